The second-order valence-electron chi connectivity index (χ2n) is 8.42. The molecule has 6 unspecified atom stereocenters. The van der Waals surface area contributed by atoms with Gasteiger partial charge in [0.1, 0.15) is 18.4 Å². The Kier molecular flexibility index (Phi) is 10.5. The number of carbonyl (C=O) groups is 1. The second kappa shape index (κ2) is 12.1. The van der Waals surface area contributed by atoms with E-state index in [-0.39, 0.29) is 28.3 Å². The van der Waals surface area contributed by atoms with E-state index in [2.05, 4.69) is 27.3 Å². The summed E-state index contributed by atoms with van der Waals surface area (Å²) in [7, 11) is 1.35. The highest BCUT2D eigenvalue weighted by molar-refractivity contribution is 14.1. The van der Waals surface area contributed by atoms with Crippen LogP contribution in [0.15, 0.2) is 0 Å². The molecule has 170 valence electrons. The summed E-state index contributed by atoms with van der Waals surface area (Å²) in [6.07, 6.45) is -0.671. The van der Waals surface area contributed by atoms with Crippen molar-refractivity contribution in [2.24, 2.45) is 11.8 Å². The number of alkyl halides is 3. The fourth-order valence-electron chi connectivity index (χ4n) is 4.70. The van der Waals surface area contributed by atoms with Crippen LogP contribution in [-0.4, -0.2) is 64.0 Å². The van der Waals surface area contributed by atoms with Gasteiger partial charge in [0.25, 0.3) is 0 Å². The lowest BCUT2D eigenvalue weighted by atomic mass is 9.84. The van der Waals surface area contributed by atoms with E-state index < -0.39 is 36.6 Å². The highest BCUT2D eigenvalue weighted by Crippen LogP contribution is 2.48. The van der Waals surface area contributed by atoms with Gasteiger partial charge in [0.2, 0.25) is 0 Å². The van der Waals surface area contributed by atoms with E-state index in [1.807, 2.05) is 6.92 Å². The molecule has 1 saturated heterocycles. The van der Waals surface area contributed by atoms with Gasteiger partial charge in [-0.3, -0.25) is 4.79 Å². The molecule has 0 aromatic carbocycles. The minimum absolute atomic E-state index is 0.0782. The van der Waals surface area contributed by atoms with Crippen LogP contribution >= 0.6 is 22.6 Å². The van der Waals surface area contributed by atoms with Crippen LogP contribution in [0.25, 0.3) is 0 Å². The molecule has 9 atom stereocenters. The molecule has 1 aliphatic heterocycles. The predicted octanol–water partition coefficient (Wildman–Crippen LogP) is 3.91. The van der Waals surface area contributed by atoms with Crippen molar-refractivity contribution in [3.05, 3.63) is 0 Å². The Morgan fingerprint density at radius 2 is 2.03 bits per heavy atom. The van der Waals surface area contributed by atoms with Gasteiger partial charge in [-0.1, -0.05) is 42.4 Å². The van der Waals surface area contributed by atoms with Crippen LogP contribution in [0.1, 0.15) is 64.7 Å². The molecule has 5 nitrogen and oxygen atoms in total. The lowest BCUT2D eigenvalue weighted by molar-refractivity contribution is -0.140. The van der Waals surface area contributed by atoms with E-state index >= 15 is 4.39 Å². The summed E-state index contributed by atoms with van der Waals surface area (Å²) in [4.78, 5) is 11.2. The second-order valence-corrected chi connectivity index (χ2v) is 10.0. The van der Waals surface area contributed by atoms with E-state index in [1.54, 1.807) is 0 Å². The Bertz CT molecular complexity index is 511. The fraction of sp³-hybridized carbons (Fsp3) is 0.952. The third kappa shape index (κ3) is 6.71. The number of aliphatic hydroxyl groups is 2. The number of fused-ring (bicyclic) bond motifs is 1. The highest BCUT2D eigenvalue weighted by atomic mass is 127. The summed E-state index contributed by atoms with van der Waals surface area (Å²) in [5.41, 5.74) is 0. The first-order valence-corrected chi connectivity index (χ1v) is 12.0. The number of methoxy groups -OCH3 is 1. The molecule has 0 aromatic heterocycles. The zero-order chi connectivity index (χ0) is 21.6. The normalized spacial score (nSPS) is 34.6. The third-order valence-corrected chi connectivity index (χ3v) is 7.73. The number of hydrogen-bond acceptors (Lipinski definition) is 5. The molecule has 1 heterocycles. The Hall–Kier alpha value is -0.0600. The average molecular weight is 532 g/mol. The van der Waals surface area contributed by atoms with Crippen LogP contribution in [0.5, 0.6) is 0 Å². The molecule has 0 aromatic rings. The van der Waals surface area contributed by atoms with Crippen molar-refractivity contribution in [1.29, 1.82) is 0 Å². The van der Waals surface area contributed by atoms with Gasteiger partial charge in [-0.05, 0) is 38.0 Å². The Morgan fingerprint density at radius 1 is 1.31 bits per heavy atom. The average Bonchev–Trinajstić information content (AvgIpc) is 3.18. The molecule has 29 heavy (non-hydrogen) atoms. The van der Waals surface area contributed by atoms with Crippen molar-refractivity contribution < 1.29 is 33.3 Å². The number of esters is 1. The van der Waals surface area contributed by atoms with Gasteiger partial charge >= 0.3 is 5.97 Å². The van der Waals surface area contributed by atoms with Crippen molar-refractivity contribution in [2.45, 2.75) is 105 Å². The molecule has 0 spiro atoms. The van der Waals surface area contributed by atoms with Gasteiger partial charge in [-0.25, -0.2) is 8.78 Å². The lowest BCUT2D eigenvalue weighted by Gasteiger charge is -2.27. The van der Waals surface area contributed by atoms with Crippen molar-refractivity contribution in [3.63, 3.8) is 0 Å². The van der Waals surface area contributed by atoms with Crippen LogP contribution in [0, 0.1) is 11.8 Å². The topological polar surface area (TPSA) is 76.0 Å². The predicted molar refractivity (Wildman–Crippen MR) is 114 cm³/mol. The van der Waals surface area contributed by atoms with E-state index in [0.29, 0.717) is 38.5 Å². The molecular formula is C21H35F2IO5. The summed E-state index contributed by atoms with van der Waals surface area (Å²) in [6, 6.07) is 0. The summed E-state index contributed by atoms with van der Waals surface area (Å²) < 4.78 is 39.8. The van der Waals surface area contributed by atoms with Crippen molar-refractivity contribution in [2.75, 3.05) is 7.11 Å². The minimum atomic E-state index is -1.27. The molecule has 0 bridgehead atoms. The number of rotatable bonds is 12. The maximum atomic E-state index is 15.2. The number of carbonyl (C=O) groups excluding carboxylic acids is 1. The molecule has 2 rings (SSSR count). The smallest absolute Gasteiger partial charge is 0.305 e. The first kappa shape index (κ1) is 25.2. The van der Waals surface area contributed by atoms with E-state index in [0.717, 1.165) is 12.8 Å². The SMILES string of the molecule is CCCCC(F)C(O)CC[C@H]1C(O)CC2OC(C(I)CCCC(=O)OC)[C@@H](F)[C@@H]21. The van der Waals surface area contributed by atoms with Crippen molar-refractivity contribution >= 4 is 28.6 Å². The maximum absolute atomic E-state index is 15.2. The van der Waals surface area contributed by atoms with E-state index in [1.165, 1.54) is 7.11 Å². The van der Waals surface area contributed by atoms with Crippen LogP contribution in [0.2, 0.25) is 0 Å². The van der Waals surface area contributed by atoms with Crippen molar-refractivity contribution in [3.8, 4) is 0 Å². The van der Waals surface area contributed by atoms with Gasteiger partial charge in [0.05, 0.1) is 25.4 Å². The highest BCUT2D eigenvalue weighted by Gasteiger charge is 2.56. The van der Waals surface area contributed by atoms with Crippen LogP contribution in [0.3, 0.4) is 0 Å². The van der Waals surface area contributed by atoms with Gasteiger partial charge in [0, 0.05) is 22.7 Å². The molecule has 2 fully saturated rings. The molecule has 8 heteroatoms. The van der Waals surface area contributed by atoms with Gasteiger partial charge in [-0.15, -0.1) is 0 Å². The summed E-state index contributed by atoms with van der Waals surface area (Å²) in [5.74, 6) is -1.03. The van der Waals surface area contributed by atoms with E-state index in [4.69, 9.17) is 4.74 Å². The molecule has 0 amide bonds. The standard InChI is InChI=1S/C21H35F2IO5/c1-3-4-6-13(22)15(25)10-9-12-16(26)11-17-19(12)20(23)21(29-17)14(24)7-5-8-18(27)28-2/h12-17,19-21,25-26H,3-11H2,1-2H3/t12-,13?,14?,15?,16?,17?,19+,20-,21?/m0/s1. The quantitative estimate of drug-likeness (QED) is 0.227. The van der Waals surface area contributed by atoms with Gasteiger partial charge < -0.3 is 19.7 Å². The number of hydrogen-bond donors (Lipinski definition) is 2. The Balaban J connectivity index is 1.86. The maximum Gasteiger partial charge on any atom is 0.305 e. The van der Waals surface area contributed by atoms with Gasteiger partial charge in [-0.2, -0.15) is 0 Å². The first-order chi connectivity index (χ1) is 13.8. The molecule has 1 aliphatic carbocycles. The Labute approximate surface area is 186 Å². The number of unbranched alkanes of at least 4 members (excludes halogenated alkanes) is 1. The number of aliphatic hydroxyl groups excluding tert-OH is 2. The zero-order valence-electron chi connectivity index (χ0n) is 17.3. The monoisotopic (exact) mass is 532 g/mol. The minimum Gasteiger partial charge on any atom is -0.469 e. The summed E-state index contributed by atoms with van der Waals surface area (Å²) in [6.45, 7) is 1.97. The molecule has 2 N–H and O–H groups in total. The molecular weight excluding hydrogens is 497 g/mol. The fourth-order valence-corrected chi connectivity index (χ4v) is 5.71. The van der Waals surface area contributed by atoms with Crippen LogP contribution in [0.4, 0.5) is 8.78 Å². The zero-order valence-corrected chi connectivity index (χ0v) is 19.5. The number of ether oxygens (including phenoxy) is 2. The molecule has 0 radical (unpaired) electrons. The number of halogens is 3. The first-order valence-electron chi connectivity index (χ1n) is 10.8. The lowest BCUT2D eigenvalue weighted by Crippen LogP contribution is -2.35. The van der Waals surface area contributed by atoms with E-state index in [9.17, 15) is 19.4 Å². The third-order valence-electron chi connectivity index (χ3n) is 6.40. The largest absolute Gasteiger partial charge is 0.469 e. The van der Waals surface area contributed by atoms with Crippen LogP contribution in [-0.2, 0) is 14.3 Å². The molecule has 2 aliphatic rings. The summed E-state index contributed by atoms with van der Waals surface area (Å²) in [5, 5.41) is 20.5. The summed E-state index contributed by atoms with van der Waals surface area (Å²) >= 11 is 2.17. The Morgan fingerprint density at radius 3 is 2.69 bits per heavy atom. The van der Waals surface area contributed by atoms with Crippen molar-refractivity contribution in [1.82, 2.24) is 0 Å². The van der Waals surface area contributed by atoms with Crippen LogP contribution < -0.4 is 0 Å². The molecule has 1 saturated carbocycles. The van der Waals surface area contributed by atoms with Gasteiger partial charge in [0.15, 0.2) is 0 Å².